The van der Waals surface area contributed by atoms with Crippen LogP contribution in [0.15, 0.2) is 18.2 Å². The van der Waals surface area contributed by atoms with Crippen molar-refractivity contribution in [2.24, 2.45) is 0 Å². The molecule has 1 aromatic rings. The Hall–Kier alpha value is -2.28. The topological polar surface area (TPSA) is 85.9 Å². The summed E-state index contributed by atoms with van der Waals surface area (Å²) in [4.78, 5) is 23.6. The number of hydrogen-bond donors (Lipinski definition) is 2. The summed E-state index contributed by atoms with van der Waals surface area (Å²) in [5.41, 5.74) is 0.795. The highest BCUT2D eigenvalue weighted by molar-refractivity contribution is 5.80. The molecule has 1 aromatic carbocycles. The van der Waals surface area contributed by atoms with Crippen LogP contribution in [-0.4, -0.2) is 45.8 Å². The van der Waals surface area contributed by atoms with Gasteiger partial charge in [-0.05, 0) is 18.6 Å². The van der Waals surface area contributed by atoms with Gasteiger partial charge in [-0.1, -0.05) is 0 Å². The van der Waals surface area contributed by atoms with Crippen LogP contribution in [0.1, 0.15) is 24.4 Å². The first-order valence-corrected chi connectivity index (χ1v) is 7.38. The lowest BCUT2D eigenvalue weighted by Crippen LogP contribution is -2.50. The summed E-state index contributed by atoms with van der Waals surface area (Å²) in [6.07, 6.45) is 0.925. The van der Waals surface area contributed by atoms with Crippen molar-refractivity contribution in [3.63, 3.8) is 0 Å². The molecule has 1 saturated heterocycles. The Balaban J connectivity index is 2.27. The van der Waals surface area contributed by atoms with Crippen LogP contribution in [0.2, 0.25) is 0 Å². The van der Waals surface area contributed by atoms with Crippen LogP contribution in [0.4, 0.5) is 0 Å². The fraction of sp³-hybridized carbons (Fsp3) is 0.500. The molecule has 23 heavy (non-hydrogen) atoms. The van der Waals surface area contributed by atoms with Crippen molar-refractivity contribution in [3.05, 3.63) is 23.8 Å². The van der Waals surface area contributed by atoms with E-state index in [1.165, 1.54) is 7.11 Å². The van der Waals surface area contributed by atoms with Crippen molar-refractivity contribution in [2.75, 3.05) is 27.9 Å². The maximum absolute atomic E-state index is 11.8. The summed E-state index contributed by atoms with van der Waals surface area (Å²) in [5, 5.41) is 5.83. The molecule has 0 radical (unpaired) electrons. The van der Waals surface area contributed by atoms with Crippen LogP contribution in [0.25, 0.3) is 0 Å². The van der Waals surface area contributed by atoms with E-state index in [1.807, 2.05) is 6.07 Å². The highest BCUT2D eigenvalue weighted by Gasteiger charge is 2.32. The molecule has 126 valence electrons. The van der Waals surface area contributed by atoms with E-state index in [4.69, 9.17) is 14.2 Å². The lowest BCUT2D eigenvalue weighted by atomic mass is 9.91. The molecule has 7 heteroatoms. The Morgan fingerprint density at radius 3 is 2.74 bits per heavy atom. The molecular weight excluding hydrogens is 300 g/mol. The summed E-state index contributed by atoms with van der Waals surface area (Å²) in [6.45, 7) is -0.0170. The molecule has 2 rings (SSSR count). The molecule has 2 N–H and O–H groups in total. The lowest BCUT2D eigenvalue weighted by molar-refractivity contribution is -0.129. The van der Waals surface area contributed by atoms with Gasteiger partial charge in [0, 0.05) is 25.2 Å². The molecule has 1 heterocycles. The summed E-state index contributed by atoms with van der Waals surface area (Å²) in [6, 6.07) is 4.80. The minimum Gasteiger partial charge on any atom is -0.497 e. The number of rotatable bonds is 6. The van der Waals surface area contributed by atoms with Gasteiger partial charge in [0.15, 0.2) is 0 Å². The number of carbonyl (C=O) groups excluding carboxylic acids is 2. The maximum atomic E-state index is 11.8. The minimum absolute atomic E-state index is 0.0170. The third kappa shape index (κ3) is 4.13. The number of nitrogens with one attached hydrogen (secondary N) is 2. The minimum atomic E-state index is -0.363. The Morgan fingerprint density at radius 1 is 1.30 bits per heavy atom. The first kappa shape index (κ1) is 17.1. The Bertz CT molecular complexity index is 576. The summed E-state index contributed by atoms with van der Waals surface area (Å²) < 4.78 is 15.4. The molecule has 2 amide bonds. The Labute approximate surface area is 135 Å². The molecule has 7 nitrogen and oxygen atoms in total. The molecule has 0 bridgehead atoms. The molecule has 0 aromatic heterocycles. The molecule has 1 fully saturated rings. The lowest BCUT2D eigenvalue weighted by Gasteiger charge is -2.34. The molecule has 2 atom stereocenters. The number of methoxy groups -OCH3 is 3. The zero-order valence-corrected chi connectivity index (χ0v) is 13.5. The zero-order chi connectivity index (χ0) is 16.8. The molecule has 2 unspecified atom stereocenters. The fourth-order valence-corrected chi connectivity index (χ4v) is 2.70. The summed E-state index contributed by atoms with van der Waals surface area (Å²) in [5.74, 6) is 0.992. The van der Waals surface area contributed by atoms with Crippen molar-refractivity contribution in [3.8, 4) is 11.5 Å². The molecule has 1 aliphatic rings. The first-order valence-electron chi connectivity index (χ1n) is 7.38. The van der Waals surface area contributed by atoms with Crippen LogP contribution >= 0.6 is 0 Å². The van der Waals surface area contributed by atoms with Gasteiger partial charge in [0.1, 0.15) is 18.1 Å². The van der Waals surface area contributed by atoms with Gasteiger partial charge in [-0.3, -0.25) is 9.59 Å². The van der Waals surface area contributed by atoms with Gasteiger partial charge >= 0.3 is 0 Å². The van der Waals surface area contributed by atoms with E-state index in [2.05, 4.69) is 10.6 Å². The normalized spacial score (nSPS) is 20.6. The van der Waals surface area contributed by atoms with E-state index in [1.54, 1.807) is 26.4 Å². The average Bonchev–Trinajstić information content (AvgIpc) is 2.56. The van der Waals surface area contributed by atoms with Crippen molar-refractivity contribution in [1.29, 1.82) is 0 Å². The predicted molar refractivity (Wildman–Crippen MR) is 83.5 cm³/mol. The summed E-state index contributed by atoms with van der Waals surface area (Å²) in [7, 11) is 4.60. The van der Waals surface area contributed by atoms with Crippen molar-refractivity contribution >= 4 is 11.8 Å². The highest BCUT2D eigenvalue weighted by atomic mass is 16.5. The number of piperidine rings is 1. The molecule has 0 aliphatic carbocycles. The van der Waals surface area contributed by atoms with Crippen molar-refractivity contribution in [1.82, 2.24) is 10.6 Å². The largest absolute Gasteiger partial charge is 0.497 e. The second kappa shape index (κ2) is 7.82. The first-order chi connectivity index (χ1) is 11.1. The Morgan fingerprint density at radius 2 is 2.09 bits per heavy atom. The fourth-order valence-electron chi connectivity index (χ4n) is 2.70. The number of ether oxygens (including phenoxy) is 3. The Kier molecular flexibility index (Phi) is 5.81. The number of carbonyl (C=O) groups is 2. The van der Waals surface area contributed by atoms with Crippen LogP contribution in [0, 0.1) is 0 Å². The SMILES string of the molecule is COCC(=O)NC1CCC(=O)NC1c1ccc(OC)cc1OC. The number of benzene rings is 1. The monoisotopic (exact) mass is 322 g/mol. The average molecular weight is 322 g/mol. The second-order valence-electron chi connectivity index (χ2n) is 5.30. The predicted octanol–water partition coefficient (Wildman–Crippen LogP) is 0.786. The van der Waals surface area contributed by atoms with Gasteiger partial charge in [-0.25, -0.2) is 0 Å². The van der Waals surface area contributed by atoms with Crippen LogP contribution in [0.3, 0.4) is 0 Å². The van der Waals surface area contributed by atoms with E-state index in [-0.39, 0.29) is 30.5 Å². The maximum Gasteiger partial charge on any atom is 0.246 e. The van der Waals surface area contributed by atoms with Gasteiger partial charge in [-0.15, -0.1) is 0 Å². The van der Waals surface area contributed by atoms with Gasteiger partial charge < -0.3 is 24.8 Å². The number of amides is 2. The molecular formula is C16H22N2O5. The van der Waals surface area contributed by atoms with Crippen LogP contribution < -0.4 is 20.1 Å². The van der Waals surface area contributed by atoms with Crippen LogP contribution in [-0.2, 0) is 14.3 Å². The van der Waals surface area contributed by atoms with Crippen molar-refractivity contribution in [2.45, 2.75) is 24.9 Å². The third-order valence-electron chi connectivity index (χ3n) is 3.80. The quantitative estimate of drug-likeness (QED) is 0.808. The smallest absolute Gasteiger partial charge is 0.246 e. The van der Waals surface area contributed by atoms with E-state index in [0.717, 1.165) is 5.56 Å². The standard InChI is InChI=1S/C16H22N2O5/c1-21-9-15(20)17-12-6-7-14(19)18-16(12)11-5-4-10(22-2)8-13(11)23-3/h4-5,8,12,16H,6-7,9H2,1-3H3,(H,17,20)(H,18,19). The molecule has 0 spiro atoms. The van der Waals surface area contributed by atoms with Gasteiger partial charge in [0.2, 0.25) is 11.8 Å². The van der Waals surface area contributed by atoms with E-state index >= 15 is 0 Å². The second-order valence-corrected chi connectivity index (χ2v) is 5.30. The molecule has 1 aliphatic heterocycles. The zero-order valence-electron chi connectivity index (χ0n) is 13.5. The summed E-state index contributed by atoms with van der Waals surface area (Å²) >= 11 is 0. The number of hydrogen-bond acceptors (Lipinski definition) is 5. The van der Waals surface area contributed by atoms with Gasteiger partial charge in [-0.2, -0.15) is 0 Å². The molecule has 0 saturated carbocycles. The van der Waals surface area contributed by atoms with Crippen molar-refractivity contribution < 1.29 is 23.8 Å². The van der Waals surface area contributed by atoms with Gasteiger partial charge in [0.05, 0.1) is 26.3 Å². The highest BCUT2D eigenvalue weighted by Crippen LogP contribution is 2.33. The van der Waals surface area contributed by atoms with Crippen LogP contribution in [0.5, 0.6) is 11.5 Å². The van der Waals surface area contributed by atoms with Gasteiger partial charge in [0.25, 0.3) is 0 Å². The third-order valence-corrected chi connectivity index (χ3v) is 3.80. The van der Waals surface area contributed by atoms with E-state index < -0.39 is 0 Å². The van der Waals surface area contributed by atoms with E-state index in [9.17, 15) is 9.59 Å². The van der Waals surface area contributed by atoms with E-state index in [0.29, 0.717) is 24.3 Å².